The van der Waals surface area contributed by atoms with Gasteiger partial charge in [-0.1, -0.05) is 36.4 Å². The van der Waals surface area contributed by atoms with E-state index in [0.29, 0.717) is 16.3 Å². The number of sulfonamides is 1. The molecule has 2 aromatic carbocycles. The van der Waals surface area contributed by atoms with Crippen molar-refractivity contribution in [2.45, 2.75) is 16.7 Å². The van der Waals surface area contributed by atoms with Crippen LogP contribution in [-0.4, -0.2) is 36.3 Å². The normalized spacial score (nSPS) is 19.6. The highest BCUT2D eigenvalue weighted by Crippen LogP contribution is 2.49. The number of rotatable bonds is 6. The summed E-state index contributed by atoms with van der Waals surface area (Å²) in [7, 11) is -2.92. The van der Waals surface area contributed by atoms with Crippen molar-refractivity contribution in [3.8, 4) is 6.07 Å². The van der Waals surface area contributed by atoms with Crippen LogP contribution in [0.4, 0.5) is 14.6 Å². The lowest BCUT2D eigenvalue weighted by Crippen LogP contribution is -2.36. The average Bonchev–Trinajstić information content (AvgIpc) is 2.93. The van der Waals surface area contributed by atoms with Crippen LogP contribution in [0, 0.1) is 11.3 Å². The van der Waals surface area contributed by atoms with Gasteiger partial charge in [-0.05, 0) is 41.3 Å². The van der Waals surface area contributed by atoms with Gasteiger partial charge in [0.05, 0.1) is 16.2 Å². The molecule has 0 saturated carbocycles. The predicted octanol–water partition coefficient (Wildman–Crippen LogP) is 5.07. The summed E-state index contributed by atoms with van der Waals surface area (Å²) in [5.41, 5.74) is 0.135. The standard InChI is InChI=1S/C27H19F2N5O3S/c1-37-27(29)14-21(17-5-3-2-4-6-17)22(15-30)25(28)24(27)26-20-8-7-19(13-18(20)9-12-32-26)38(35,36)34-23-10-11-31-16-33-23/h2-14,16,24H,1H3,(H,31,33,34). The van der Waals surface area contributed by atoms with Gasteiger partial charge in [0.15, 0.2) is 0 Å². The zero-order valence-corrected chi connectivity index (χ0v) is 20.7. The summed E-state index contributed by atoms with van der Waals surface area (Å²) < 4.78 is 65.7. The molecule has 5 rings (SSSR count). The minimum absolute atomic E-state index is 0.0480. The van der Waals surface area contributed by atoms with Gasteiger partial charge in [0.1, 0.15) is 30.0 Å². The number of ether oxygens (including phenoxy) is 1. The van der Waals surface area contributed by atoms with E-state index in [4.69, 9.17) is 4.74 Å². The largest absolute Gasteiger partial charge is 0.345 e. The van der Waals surface area contributed by atoms with Crippen LogP contribution < -0.4 is 4.72 Å². The quantitative estimate of drug-likeness (QED) is 0.369. The Morgan fingerprint density at radius 1 is 1.08 bits per heavy atom. The van der Waals surface area contributed by atoms with Crippen LogP contribution in [0.1, 0.15) is 17.2 Å². The highest BCUT2D eigenvalue weighted by atomic mass is 32.2. The van der Waals surface area contributed by atoms with Gasteiger partial charge < -0.3 is 4.74 Å². The molecular weight excluding hydrogens is 512 g/mol. The second kappa shape index (κ2) is 9.74. The van der Waals surface area contributed by atoms with Gasteiger partial charge in [0.25, 0.3) is 10.0 Å². The Labute approximate surface area is 217 Å². The molecule has 0 spiro atoms. The van der Waals surface area contributed by atoms with Gasteiger partial charge in [0, 0.05) is 30.5 Å². The summed E-state index contributed by atoms with van der Waals surface area (Å²) in [6, 6.07) is 17.3. The van der Waals surface area contributed by atoms with Gasteiger partial charge >= 0.3 is 0 Å². The van der Waals surface area contributed by atoms with Crippen molar-refractivity contribution in [1.82, 2.24) is 15.0 Å². The molecule has 1 aliphatic rings. The number of pyridine rings is 1. The van der Waals surface area contributed by atoms with Gasteiger partial charge in [0.2, 0.25) is 5.85 Å². The van der Waals surface area contributed by atoms with Crippen LogP contribution in [0.2, 0.25) is 0 Å². The molecule has 1 aliphatic carbocycles. The molecule has 0 bridgehead atoms. The molecule has 0 fully saturated rings. The van der Waals surface area contributed by atoms with Crippen molar-refractivity contribution in [1.29, 1.82) is 5.26 Å². The third kappa shape index (κ3) is 4.40. The summed E-state index contributed by atoms with van der Waals surface area (Å²) >= 11 is 0. The molecule has 0 amide bonds. The molecule has 2 heterocycles. The number of anilines is 1. The summed E-state index contributed by atoms with van der Waals surface area (Å²) in [6.07, 6.45) is 4.99. The maximum absolute atomic E-state index is 16.3. The molecular formula is C27H19F2N5O3S. The number of methoxy groups -OCH3 is 1. The number of hydrogen-bond donors (Lipinski definition) is 1. The SMILES string of the molecule is COC1(F)C=C(c2ccccc2)C(C#N)=C(F)C1c1nccc2cc(S(=O)(=O)Nc3ccncn3)ccc12. The van der Waals surface area contributed by atoms with E-state index in [1.165, 1.54) is 49.1 Å². The highest BCUT2D eigenvalue weighted by molar-refractivity contribution is 7.92. The molecule has 1 N–H and O–H groups in total. The molecule has 2 unspecified atom stereocenters. The van der Waals surface area contributed by atoms with E-state index in [2.05, 4.69) is 19.7 Å². The average molecular weight is 532 g/mol. The van der Waals surface area contributed by atoms with Gasteiger partial charge in [-0.3, -0.25) is 9.71 Å². The van der Waals surface area contributed by atoms with E-state index in [0.717, 1.165) is 13.2 Å². The molecule has 8 nitrogen and oxygen atoms in total. The third-order valence-corrected chi connectivity index (χ3v) is 7.53. The lowest BCUT2D eigenvalue weighted by Gasteiger charge is -2.34. The van der Waals surface area contributed by atoms with E-state index >= 15 is 8.78 Å². The van der Waals surface area contributed by atoms with Gasteiger partial charge in [-0.25, -0.2) is 27.2 Å². The second-order valence-corrected chi connectivity index (χ2v) is 10.1. The Balaban J connectivity index is 1.62. The number of halogens is 2. The summed E-state index contributed by atoms with van der Waals surface area (Å²) in [5.74, 6) is -5.35. The lowest BCUT2D eigenvalue weighted by molar-refractivity contribution is -0.0964. The van der Waals surface area contributed by atoms with Crippen molar-refractivity contribution >= 4 is 32.2 Å². The summed E-state index contributed by atoms with van der Waals surface area (Å²) in [5, 5.41) is 10.5. The Morgan fingerprint density at radius 2 is 1.87 bits per heavy atom. The monoisotopic (exact) mass is 531 g/mol. The fraction of sp³-hybridized carbons (Fsp3) is 0.111. The molecule has 2 aromatic heterocycles. The van der Waals surface area contributed by atoms with E-state index in [1.807, 2.05) is 6.07 Å². The number of nitrogens with one attached hydrogen (secondary N) is 1. The predicted molar refractivity (Wildman–Crippen MR) is 136 cm³/mol. The minimum atomic E-state index is -4.03. The molecule has 38 heavy (non-hydrogen) atoms. The van der Waals surface area contributed by atoms with Crippen molar-refractivity contribution < 1.29 is 21.9 Å². The molecule has 0 radical (unpaired) electrons. The topological polar surface area (TPSA) is 118 Å². The molecule has 4 aromatic rings. The van der Waals surface area contributed by atoms with Gasteiger partial charge in [-0.2, -0.15) is 5.26 Å². The number of nitrogens with zero attached hydrogens (tertiary/aromatic N) is 4. The number of alkyl halides is 1. The number of aromatic nitrogens is 3. The van der Waals surface area contributed by atoms with Crippen LogP contribution in [0.3, 0.4) is 0 Å². The molecule has 190 valence electrons. The van der Waals surface area contributed by atoms with E-state index in [9.17, 15) is 13.7 Å². The zero-order valence-electron chi connectivity index (χ0n) is 19.8. The molecule has 11 heteroatoms. The van der Waals surface area contributed by atoms with Crippen LogP contribution in [0.25, 0.3) is 16.3 Å². The van der Waals surface area contributed by atoms with Crippen molar-refractivity contribution in [2.24, 2.45) is 0 Å². The van der Waals surface area contributed by atoms with Crippen LogP contribution in [0.15, 0.2) is 102 Å². The highest BCUT2D eigenvalue weighted by Gasteiger charge is 2.48. The maximum atomic E-state index is 16.3. The lowest BCUT2D eigenvalue weighted by atomic mass is 9.80. The van der Waals surface area contributed by atoms with Crippen molar-refractivity contribution in [2.75, 3.05) is 11.8 Å². The maximum Gasteiger partial charge on any atom is 0.263 e. The van der Waals surface area contributed by atoms with E-state index in [1.54, 1.807) is 30.3 Å². The van der Waals surface area contributed by atoms with Crippen LogP contribution >= 0.6 is 0 Å². The first-order valence-corrected chi connectivity index (χ1v) is 12.8. The first-order chi connectivity index (χ1) is 18.3. The third-order valence-electron chi connectivity index (χ3n) is 6.18. The van der Waals surface area contributed by atoms with Crippen molar-refractivity contribution in [3.05, 3.63) is 108 Å². The van der Waals surface area contributed by atoms with Crippen LogP contribution in [0.5, 0.6) is 0 Å². The summed E-state index contributed by atoms with van der Waals surface area (Å²) in [4.78, 5) is 11.7. The fourth-order valence-corrected chi connectivity index (χ4v) is 5.41. The number of allylic oxidation sites excluding steroid dienone is 2. The smallest absolute Gasteiger partial charge is 0.263 e. The van der Waals surface area contributed by atoms with Crippen LogP contribution in [-0.2, 0) is 14.8 Å². The molecule has 2 atom stereocenters. The first kappa shape index (κ1) is 25.1. The fourth-order valence-electron chi connectivity index (χ4n) is 4.36. The summed E-state index contributed by atoms with van der Waals surface area (Å²) in [6.45, 7) is 0. The van der Waals surface area contributed by atoms with E-state index in [-0.39, 0.29) is 27.6 Å². The minimum Gasteiger partial charge on any atom is -0.345 e. The molecule has 0 aliphatic heterocycles. The number of benzene rings is 2. The second-order valence-electron chi connectivity index (χ2n) is 8.37. The van der Waals surface area contributed by atoms with Crippen molar-refractivity contribution in [3.63, 3.8) is 0 Å². The molecule has 0 saturated heterocycles. The number of fused-ring (bicyclic) bond motifs is 1. The Hall–Kier alpha value is -4.53. The zero-order chi connectivity index (χ0) is 26.9. The number of hydrogen-bond acceptors (Lipinski definition) is 7. The number of nitriles is 1. The van der Waals surface area contributed by atoms with Gasteiger partial charge in [-0.15, -0.1) is 0 Å². The Kier molecular flexibility index (Phi) is 6.44. The van der Waals surface area contributed by atoms with E-state index < -0.39 is 27.6 Å². The Bertz CT molecular complexity index is 1740. The Morgan fingerprint density at radius 3 is 2.55 bits per heavy atom. The first-order valence-electron chi connectivity index (χ1n) is 11.3.